The van der Waals surface area contributed by atoms with E-state index >= 15 is 0 Å². The molecule has 0 unspecified atom stereocenters. The zero-order valence-electron chi connectivity index (χ0n) is 12.7. The second-order valence-corrected chi connectivity index (χ2v) is 5.35. The van der Waals surface area contributed by atoms with Crippen LogP contribution in [0.15, 0.2) is 42.5 Å². The predicted molar refractivity (Wildman–Crippen MR) is 85.8 cm³/mol. The van der Waals surface area contributed by atoms with Gasteiger partial charge < -0.3 is 15.4 Å². The lowest BCUT2D eigenvalue weighted by molar-refractivity contribution is 0.0950. The van der Waals surface area contributed by atoms with Gasteiger partial charge in [0, 0.05) is 25.2 Å². The lowest BCUT2D eigenvalue weighted by Gasteiger charge is -2.08. The molecule has 0 saturated carbocycles. The lowest BCUT2D eigenvalue weighted by atomic mass is 10.1. The standard InChI is InChI=1S/C18H20N2O2/c1-2-22-17-5-3-4-14(9-17)18(21)20-10-13-6-7-15-11-19-12-16(15)8-13/h3-9,19H,2,10-12H2,1H3,(H,20,21). The number of fused-ring (bicyclic) bond motifs is 1. The van der Waals surface area contributed by atoms with Crippen LogP contribution >= 0.6 is 0 Å². The molecule has 3 rings (SSSR count). The van der Waals surface area contributed by atoms with E-state index in [1.807, 2.05) is 19.1 Å². The molecule has 0 bridgehead atoms. The normalized spacial score (nSPS) is 12.8. The van der Waals surface area contributed by atoms with E-state index in [1.54, 1.807) is 12.1 Å². The van der Waals surface area contributed by atoms with Crippen LogP contribution in [0.1, 0.15) is 34.0 Å². The highest BCUT2D eigenvalue weighted by atomic mass is 16.5. The Morgan fingerprint density at radius 1 is 1.18 bits per heavy atom. The number of rotatable bonds is 5. The van der Waals surface area contributed by atoms with Gasteiger partial charge in [-0.2, -0.15) is 0 Å². The van der Waals surface area contributed by atoms with Crippen LogP contribution in [0.5, 0.6) is 5.75 Å². The minimum absolute atomic E-state index is 0.0832. The minimum atomic E-state index is -0.0832. The lowest BCUT2D eigenvalue weighted by Crippen LogP contribution is -2.22. The molecule has 1 heterocycles. The summed E-state index contributed by atoms with van der Waals surface area (Å²) in [6, 6.07) is 13.6. The largest absolute Gasteiger partial charge is 0.494 e. The molecule has 0 saturated heterocycles. The summed E-state index contributed by atoms with van der Waals surface area (Å²) >= 11 is 0. The Morgan fingerprint density at radius 2 is 2.05 bits per heavy atom. The first-order valence-corrected chi connectivity index (χ1v) is 7.58. The maximum Gasteiger partial charge on any atom is 0.251 e. The SMILES string of the molecule is CCOc1cccc(C(=O)NCc2ccc3c(c2)CNC3)c1. The Bertz CT molecular complexity index is 683. The van der Waals surface area contributed by atoms with Crippen molar-refractivity contribution in [2.75, 3.05) is 6.61 Å². The molecule has 2 N–H and O–H groups in total. The quantitative estimate of drug-likeness (QED) is 0.892. The van der Waals surface area contributed by atoms with Gasteiger partial charge in [-0.25, -0.2) is 0 Å². The molecule has 2 aromatic rings. The Kier molecular flexibility index (Phi) is 4.39. The Hall–Kier alpha value is -2.33. The van der Waals surface area contributed by atoms with Crippen molar-refractivity contribution in [3.8, 4) is 5.75 Å². The molecule has 4 heteroatoms. The Morgan fingerprint density at radius 3 is 2.91 bits per heavy atom. The fourth-order valence-corrected chi connectivity index (χ4v) is 2.64. The summed E-state index contributed by atoms with van der Waals surface area (Å²) in [6.07, 6.45) is 0. The van der Waals surface area contributed by atoms with Gasteiger partial charge in [0.25, 0.3) is 5.91 Å². The van der Waals surface area contributed by atoms with E-state index < -0.39 is 0 Å². The molecule has 0 aromatic heterocycles. The first-order chi connectivity index (χ1) is 10.8. The van der Waals surface area contributed by atoms with E-state index in [1.165, 1.54) is 11.1 Å². The van der Waals surface area contributed by atoms with Crippen molar-refractivity contribution >= 4 is 5.91 Å². The minimum Gasteiger partial charge on any atom is -0.494 e. The first-order valence-electron chi connectivity index (χ1n) is 7.58. The second-order valence-electron chi connectivity index (χ2n) is 5.35. The molecule has 0 aliphatic carbocycles. The number of nitrogens with one attached hydrogen (secondary N) is 2. The van der Waals surface area contributed by atoms with E-state index in [0.717, 1.165) is 24.4 Å². The third kappa shape index (κ3) is 3.28. The van der Waals surface area contributed by atoms with Crippen molar-refractivity contribution in [2.45, 2.75) is 26.6 Å². The average Bonchev–Trinajstić information content (AvgIpc) is 3.01. The van der Waals surface area contributed by atoms with Crippen molar-refractivity contribution in [2.24, 2.45) is 0 Å². The van der Waals surface area contributed by atoms with Crippen LogP contribution in [0.3, 0.4) is 0 Å². The smallest absolute Gasteiger partial charge is 0.251 e. The third-order valence-corrected chi connectivity index (χ3v) is 3.76. The van der Waals surface area contributed by atoms with Crippen LogP contribution < -0.4 is 15.4 Å². The van der Waals surface area contributed by atoms with Crippen LogP contribution in [0.25, 0.3) is 0 Å². The summed E-state index contributed by atoms with van der Waals surface area (Å²) in [5, 5.41) is 6.28. The predicted octanol–water partition coefficient (Wildman–Crippen LogP) is 2.62. The molecule has 1 aliphatic rings. The molecule has 1 amide bonds. The molecule has 0 fully saturated rings. The summed E-state index contributed by atoms with van der Waals surface area (Å²) < 4.78 is 5.42. The second kappa shape index (κ2) is 6.62. The van der Waals surface area contributed by atoms with Gasteiger partial charge in [0.2, 0.25) is 0 Å². The Balaban J connectivity index is 1.63. The molecule has 0 radical (unpaired) electrons. The molecule has 0 spiro atoms. The molecular weight excluding hydrogens is 276 g/mol. The highest BCUT2D eigenvalue weighted by Crippen LogP contribution is 2.17. The van der Waals surface area contributed by atoms with Crippen molar-refractivity contribution < 1.29 is 9.53 Å². The van der Waals surface area contributed by atoms with E-state index in [0.29, 0.717) is 18.7 Å². The number of carbonyl (C=O) groups is 1. The van der Waals surface area contributed by atoms with Crippen LogP contribution in [-0.2, 0) is 19.6 Å². The zero-order valence-corrected chi connectivity index (χ0v) is 12.7. The van der Waals surface area contributed by atoms with E-state index in [-0.39, 0.29) is 5.91 Å². The summed E-state index contributed by atoms with van der Waals surface area (Å²) in [5.41, 5.74) is 4.41. The Labute approximate surface area is 130 Å². The van der Waals surface area contributed by atoms with E-state index in [9.17, 15) is 4.79 Å². The van der Waals surface area contributed by atoms with Gasteiger partial charge in [-0.3, -0.25) is 4.79 Å². The van der Waals surface area contributed by atoms with Gasteiger partial charge in [-0.1, -0.05) is 24.3 Å². The maximum atomic E-state index is 12.2. The van der Waals surface area contributed by atoms with Crippen molar-refractivity contribution in [3.63, 3.8) is 0 Å². The monoisotopic (exact) mass is 296 g/mol. The first kappa shape index (κ1) is 14.6. The highest BCUT2D eigenvalue weighted by molar-refractivity contribution is 5.94. The third-order valence-electron chi connectivity index (χ3n) is 3.76. The number of hydrogen-bond acceptors (Lipinski definition) is 3. The van der Waals surface area contributed by atoms with Gasteiger partial charge in [-0.05, 0) is 41.8 Å². The van der Waals surface area contributed by atoms with Gasteiger partial charge >= 0.3 is 0 Å². The van der Waals surface area contributed by atoms with E-state index in [4.69, 9.17) is 4.74 Å². The molecule has 2 aromatic carbocycles. The summed E-state index contributed by atoms with van der Waals surface area (Å²) in [6.45, 7) is 4.90. The van der Waals surface area contributed by atoms with Crippen LogP contribution in [-0.4, -0.2) is 12.5 Å². The summed E-state index contributed by atoms with van der Waals surface area (Å²) in [4.78, 5) is 12.2. The summed E-state index contributed by atoms with van der Waals surface area (Å²) in [5.74, 6) is 0.638. The number of ether oxygens (including phenoxy) is 1. The van der Waals surface area contributed by atoms with Gasteiger partial charge in [0.05, 0.1) is 6.61 Å². The highest BCUT2D eigenvalue weighted by Gasteiger charge is 2.11. The summed E-state index contributed by atoms with van der Waals surface area (Å²) in [7, 11) is 0. The fourth-order valence-electron chi connectivity index (χ4n) is 2.64. The number of carbonyl (C=O) groups excluding carboxylic acids is 1. The van der Waals surface area contributed by atoms with Crippen LogP contribution in [0.2, 0.25) is 0 Å². The van der Waals surface area contributed by atoms with Crippen LogP contribution in [0, 0.1) is 0 Å². The molecule has 1 aliphatic heterocycles. The van der Waals surface area contributed by atoms with Crippen molar-refractivity contribution in [3.05, 3.63) is 64.7 Å². The molecule has 114 valence electrons. The number of benzene rings is 2. The molecule has 4 nitrogen and oxygen atoms in total. The van der Waals surface area contributed by atoms with Gasteiger partial charge in [-0.15, -0.1) is 0 Å². The molecule has 22 heavy (non-hydrogen) atoms. The number of amides is 1. The van der Waals surface area contributed by atoms with E-state index in [2.05, 4.69) is 28.8 Å². The van der Waals surface area contributed by atoms with Crippen molar-refractivity contribution in [1.29, 1.82) is 0 Å². The van der Waals surface area contributed by atoms with Gasteiger partial charge in [0.15, 0.2) is 0 Å². The van der Waals surface area contributed by atoms with Crippen LogP contribution in [0.4, 0.5) is 0 Å². The topological polar surface area (TPSA) is 50.4 Å². The molecule has 0 atom stereocenters. The molecular formula is C18H20N2O2. The fraction of sp³-hybridized carbons (Fsp3) is 0.278. The van der Waals surface area contributed by atoms with Gasteiger partial charge in [0.1, 0.15) is 5.75 Å². The zero-order chi connectivity index (χ0) is 15.4. The van der Waals surface area contributed by atoms with Crippen molar-refractivity contribution in [1.82, 2.24) is 10.6 Å². The maximum absolute atomic E-state index is 12.2. The number of hydrogen-bond donors (Lipinski definition) is 2. The average molecular weight is 296 g/mol.